The van der Waals surface area contributed by atoms with Crippen LogP contribution in [0.3, 0.4) is 0 Å². The molecule has 0 saturated carbocycles. The highest BCUT2D eigenvalue weighted by Gasteiger charge is 2.25. The van der Waals surface area contributed by atoms with Crippen LogP contribution in [-0.2, 0) is 0 Å². The molecule has 0 aromatic heterocycles. The fourth-order valence-corrected chi connectivity index (χ4v) is 3.73. The van der Waals surface area contributed by atoms with Crippen LogP contribution in [-0.4, -0.2) is 47.9 Å². The summed E-state index contributed by atoms with van der Waals surface area (Å²) in [5.74, 6) is -2.03. The summed E-state index contributed by atoms with van der Waals surface area (Å²) >= 11 is 0. The van der Waals surface area contributed by atoms with Crippen LogP contribution in [0.5, 0.6) is 5.75 Å². The van der Waals surface area contributed by atoms with Gasteiger partial charge in [-0.25, -0.2) is 18.0 Å². The van der Waals surface area contributed by atoms with Crippen LogP contribution in [0, 0.1) is 17.6 Å². The highest BCUT2D eigenvalue weighted by molar-refractivity contribution is 5.88. The van der Waals surface area contributed by atoms with Gasteiger partial charge in [0, 0.05) is 23.7 Å². The van der Waals surface area contributed by atoms with E-state index in [9.17, 15) is 18.0 Å². The summed E-state index contributed by atoms with van der Waals surface area (Å²) in [6.07, 6.45) is 1.77. The molecule has 0 atom stereocenters. The molecule has 1 heterocycles. The minimum absolute atomic E-state index is 0.00721. The van der Waals surface area contributed by atoms with Crippen LogP contribution in [0.4, 0.5) is 13.2 Å². The number of piperidine rings is 1. The predicted octanol–water partition coefficient (Wildman–Crippen LogP) is 5.17. The first-order valence-corrected chi connectivity index (χ1v) is 9.99. The standard InChI is InChI=1S/C23H26F3NO3/c1-23(2,26)14-27-9-7-15(8-10-27)13-30-17-4-6-19(21(25)12-17)18-5-3-16(22(28)29)11-20(18)24/h3-6,11-12,15H,7-10,13-14H2,1-2H3,(H,28,29). The Kier molecular flexibility index (Phi) is 6.71. The number of benzene rings is 2. The van der Waals surface area contributed by atoms with E-state index in [0.717, 1.165) is 32.0 Å². The predicted molar refractivity (Wildman–Crippen MR) is 109 cm³/mol. The van der Waals surface area contributed by atoms with Gasteiger partial charge in [0.05, 0.1) is 12.2 Å². The molecule has 2 aromatic carbocycles. The number of rotatable bonds is 7. The number of carboxylic acid groups (broad SMARTS) is 1. The van der Waals surface area contributed by atoms with E-state index in [4.69, 9.17) is 9.84 Å². The Bertz CT molecular complexity index is 903. The summed E-state index contributed by atoms with van der Waals surface area (Å²) < 4.78 is 48.2. The number of likely N-dealkylation sites (tertiary alicyclic amines) is 1. The second-order valence-corrected chi connectivity index (χ2v) is 8.39. The minimum Gasteiger partial charge on any atom is -0.493 e. The highest BCUT2D eigenvalue weighted by Crippen LogP contribution is 2.30. The molecule has 1 aliphatic heterocycles. The first-order valence-electron chi connectivity index (χ1n) is 9.99. The second-order valence-electron chi connectivity index (χ2n) is 8.39. The van der Waals surface area contributed by atoms with Crippen molar-refractivity contribution >= 4 is 5.97 Å². The number of alkyl halides is 1. The van der Waals surface area contributed by atoms with E-state index in [1.165, 1.54) is 24.3 Å². The van der Waals surface area contributed by atoms with Crippen molar-refractivity contribution < 1.29 is 27.8 Å². The van der Waals surface area contributed by atoms with Gasteiger partial charge < -0.3 is 14.7 Å². The Morgan fingerprint density at radius 2 is 1.70 bits per heavy atom. The molecule has 0 radical (unpaired) electrons. The molecule has 0 unspecified atom stereocenters. The number of nitrogens with zero attached hydrogens (tertiary/aromatic N) is 1. The lowest BCUT2D eigenvalue weighted by atomic mass is 9.97. The third kappa shape index (κ3) is 5.75. The third-order valence-corrected chi connectivity index (χ3v) is 5.24. The van der Waals surface area contributed by atoms with E-state index in [0.29, 0.717) is 24.8 Å². The maximum absolute atomic E-state index is 14.5. The van der Waals surface area contributed by atoms with Crippen LogP contribution in [0.15, 0.2) is 36.4 Å². The van der Waals surface area contributed by atoms with E-state index in [1.54, 1.807) is 19.9 Å². The number of halogens is 3. The molecule has 3 rings (SSSR count). The van der Waals surface area contributed by atoms with Crippen molar-refractivity contribution in [1.29, 1.82) is 0 Å². The number of hydrogen-bond acceptors (Lipinski definition) is 3. The fourth-order valence-electron chi connectivity index (χ4n) is 3.73. The van der Waals surface area contributed by atoms with Crippen LogP contribution >= 0.6 is 0 Å². The van der Waals surface area contributed by atoms with Gasteiger partial charge in [0.25, 0.3) is 0 Å². The molecule has 1 fully saturated rings. The first kappa shape index (κ1) is 22.2. The monoisotopic (exact) mass is 421 g/mol. The molecular formula is C23H26F3NO3. The van der Waals surface area contributed by atoms with Crippen LogP contribution in [0.1, 0.15) is 37.0 Å². The smallest absolute Gasteiger partial charge is 0.335 e. The molecule has 4 nitrogen and oxygen atoms in total. The Balaban J connectivity index is 1.58. The molecule has 30 heavy (non-hydrogen) atoms. The molecule has 1 aliphatic rings. The van der Waals surface area contributed by atoms with Gasteiger partial charge in [0.1, 0.15) is 23.1 Å². The molecule has 7 heteroatoms. The quantitative estimate of drug-likeness (QED) is 0.670. The van der Waals surface area contributed by atoms with Crippen molar-refractivity contribution in [1.82, 2.24) is 4.90 Å². The Hall–Kier alpha value is -2.54. The van der Waals surface area contributed by atoms with E-state index in [1.807, 2.05) is 0 Å². The number of ether oxygens (including phenoxy) is 1. The van der Waals surface area contributed by atoms with Crippen LogP contribution in [0.2, 0.25) is 0 Å². The summed E-state index contributed by atoms with van der Waals surface area (Å²) in [4.78, 5) is 13.0. The molecular weight excluding hydrogens is 395 g/mol. The van der Waals surface area contributed by atoms with E-state index in [2.05, 4.69) is 4.90 Å². The SMILES string of the molecule is CC(C)(F)CN1CCC(COc2ccc(-c3ccc(C(=O)O)cc3F)c(F)c2)CC1. The van der Waals surface area contributed by atoms with Crippen molar-refractivity contribution in [2.45, 2.75) is 32.4 Å². The lowest BCUT2D eigenvalue weighted by molar-refractivity contribution is 0.0696. The normalized spacial score (nSPS) is 15.9. The molecule has 1 saturated heterocycles. The van der Waals surface area contributed by atoms with Gasteiger partial charge in [0.15, 0.2) is 0 Å². The summed E-state index contributed by atoms with van der Waals surface area (Å²) in [6.45, 7) is 5.62. The molecule has 0 amide bonds. The third-order valence-electron chi connectivity index (χ3n) is 5.24. The lowest BCUT2D eigenvalue weighted by Gasteiger charge is -2.34. The summed E-state index contributed by atoms with van der Waals surface area (Å²) in [5, 5.41) is 8.92. The molecule has 2 aromatic rings. The van der Waals surface area contributed by atoms with Crippen molar-refractivity contribution in [2.75, 3.05) is 26.2 Å². The first-order chi connectivity index (χ1) is 14.1. The van der Waals surface area contributed by atoms with E-state index < -0.39 is 23.3 Å². The summed E-state index contributed by atoms with van der Waals surface area (Å²) in [7, 11) is 0. The summed E-state index contributed by atoms with van der Waals surface area (Å²) in [5.41, 5.74) is -1.38. The molecule has 1 N–H and O–H groups in total. The zero-order chi connectivity index (χ0) is 21.9. The van der Waals surface area contributed by atoms with Gasteiger partial charge in [-0.1, -0.05) is 6.07 Å². The minimum atomic E-state index is -1.25. The number of carboxylic acids is 1. The average molecular weight is 421 g/mol. The van der Waals surface area contributed by atoms with Gasteiger partial charge in [0.2, 0.25) is 0 Å². The zero-order valence-corrected chi connectivity index (χ0v) is 17.1. The number of carbonyl (C=O) groups is 1. The van der Waals surface area contributed by atoms with Gasteiger partial charge in [-0.3, -0.25) is 0 Å². The largest absolute Gasteiger partial charge is 0.493 e. The van der Waals surface area contributed by atoms with Crippen LogP contribution in [0.25, 0.3) is 11.1 Å². The fraction of sp³-hybridized carbons (Fsp3) is 0.435. The molecule has 0 bridgehead atoms. The maximum Gasteiger partial charge on any atom is 0.335 e. The molecule has 0 spiro atoms. The van der Waals surface area contributed by atoms with Gasteiger partial charge in [-0.15, -0.1) is 0 Å². The lowest BCUT2D eigenvalue weighted by Crippen LogP contribution is -2.41. The average Bonchev–Trinajstić information content (AvgIpc) is 2.66. The van der Waals surface area contributed by atoms with Gasteiger partial charge in [-0.2, -0.15) is 0 Å². The number of aromatic carboxylic acids is 1. The second kappa shape index (κ2) is 9.08. The van der Waals surface area contributed by atoms with E-state index >= 15 is 0 Å². The Labute approximate surface area is 174 Å². The van der Waals surface area contributed by atoms with Crippen molar-refractivity contribution in [3.05, 3.63) is 53.6 Å². The van der Waals surface area contributed by atoms with Crippen molar-refractivity contribution in [3.8, 4) is 16.9 Å². The topological polar surface area (TPSA) is 49.8 Å². The van der Waals surface area contributed by atoms with Gasteiger partial charge in [-0.05, 0) is 70.0 Å². The Morgan fingerprint density at radius 1 is 1.10 bits per heavy atom. The van der Waals surface area contributed by atoms with E-state index in [-0.39, 0.29) is 16.7 Å². The zero-order valence-electron chi connectivity index (χ0n) is 17.1. The maximum atomic E-state index is 14.5. The van der Waals surface area contributed by atoms with Crippen molar-refractivity contribution in [3.63, 3.8) is 0 Å². The molecule has 162 valence electrons. The highest BCUT2D eigenvalue weighted by atomic mass is 19.1. The van der Waals surface area contributed by atoms with Crippen LogP contribution < -0.4 is 4.74 Å². The Morgan fingerprint density at radius 3 is 2.23 bits per heavy atom. The summed E-state index contributed by atoms with van der Waals surface area (Å²) in [6, 6.07) is 7.57. The number of hydrogen-bond donors (Lipinski definition) is 1. The van der Waals surface area contributed by atoms with Crippen molar-refractivity contribution in [2.24, 2.45) is 5.92 Å². The van der Waals surface area contributed by atoms with Gasteiger partial charge >= 0.3 is 5.97 Å². The molecule has 0 aliphatic carbocycles.